The minimum atomic E-state index is -0.806. The summed E-state index contributed by atoms with van der Waals surface area (Å²) in [5, 5.41) is 4.45. The first kappa shape index (κ1) is 15.0. The van der Waals surface area contributed by atoms with Crippen molar-refractivity contribution in [1.82, 2.24) is 10.6 Å². The maximum atomic E-state index is 11.7. The van der Waals surface area contributed by atoms with Crippen LogP contribution in [0, 0.1) is 0 Å². The van der Waals surface area contributed by atoms with Crippen LogP contribution < -0.4 is 15.4 Å². The molecule has 1 atom stereocenters. The molecule has 2 rings (SSSR count). The molecule has 0 aliphatic heterocycles. The van der Waals surface area contributed by atoms with Crippen molar-refractivity contribution in [3.63, 3.8) is 0 Å². The molecule has 2 N–H and O–H groups in total. The third-order valence-corrected chi connectivity index (χ3v) is 3.37. The Morgan fingerprint density at radius 2 is 2.05 bits per heavy atom. The zero-order valence-electron chi connectivity index (χ0n) is 12.1. The number of benzene rings is 1. The molecule has 0 unspecified atom stereocenters. The second-order valence-corrected chi connectivity index (χ2v) is 4.92. The van der Waals surface area contributed by atoms with E-state index in [4.69, 9.17) is 4.74 Å². The SMILES string of the molecule is CNC(=O)NC(=O)[C@H](C)Oc1ccc2c(c1)CCCC2=O. The van der Waals surface area contributed by atoms with Crippen LogP contribution in [0.1, 0.15) is 35.7 Å². The molecule has 1 aliphatic carbocycles. The van der Waals surface area contributed by atoms with Gasteiger partial charge in [0.15, 0.2) is 11.9 Å². The largest absolute Gasteiger partial charge is 0.481 e. The third kappa shape index (κ3) is 3.59. The van der Waals surface area contributed by atoms with Gasteiger partial charge in [-0.15, -0.1) is 0 Å². The Hall–Kier alpha value is -2.37. The Labute approximate surface area is 122 Å². The van der Waals surface area contributed by atoms with Crippen LogP contribution in [0.5, 0.6) is 5.75 Å². The van der Waals surface area contributed by atoms with Crippen LogP contribution in [0.4, 0.5) is 4.79 Å². The van der Waals surface area contributed by atoms with Gasteiger partial charge in [-0.3, -0.25) is 14.9 Å². The molecule has 21 heavy (non-hydrogen) atoms. The second-order valence-electron chi connectivity index (χ2n) is 4.92. The lowest BCUT2D eigenvalue weighted by Crippen LogP contribution is -2.43. The number of carbonyl (C=O) groups is 3. The zero-order chi connectivity index (χ0) is 15.4. The first-order chi connectivity index (χ1) is 10.0. The summed E-state index contributed by atoms with van der Waals surface area (Å²) in [6.07, 6.45) is 1.44. The summed E-state index contributed by atoms with van der Waals surface area (Å²) in [5.74, 6) is 0.138. The fourth-order valence-electron chi connectivity index (χ4n) is 2.23. The van der Waals surface area contributed by atoms with Crippen LogP contribution in [-0.4, -0.2) is 30.9 Å². The molecule has 0 fully saturated rings. The van der Waals surface area contributed by atoms with E-state index in [9.17, 15) is 14.4 Å². The normalized spacial score (nSPS) is 14.9. The van der Waals surface area contributed by atoms with E-state index in [-0.39, 0.29) is 5.78 Å². The van der Waals surface area contributed by atoms with Crippen LogP contribution in [0.25, 0.3) is 0 Å². The Morgan fingerprint density at radius 3 is 2.76 bits per heavy atom. The Morgan fingerprint density at radius 1 is 1.29 bits per heavy atom. The zero-order valence-corrected chi connectivity index (χ0v) is 12.1. The highest BCUT2D eigenvalue weighted by molar-refractivity contribution is 5.98. The van der Waals surface area contributed by atoms with Gasteiger partial charge in [-0.1, -0.05) is 0 Å². The summed E-state index contributed by atoms with van der Waals surface area (Å²) in [4.78, 5) is 34.5. The van der Waals surface area contributed by atoms with E-state index in [1.54, 1.807) is 25.1 Å². The Kier molecular flexibility index (Phi) is 4.57. The highest BCUT2D eigenvalue weighted by atomic mass is 16.5. The van der Waals surface area contributed by atoms with E-state index in [1.165, 1.54) is 7.05 Å². The maximum absolute atomic E-state index is 11.7. The number of Topliss-reactive ketones (excluding diaryl/α,β-unsaturated/α-hetero) is 1. The van der Waals surface area contributed by atoms with Gasteiger partial charge in [0, 0.05) is 19.0 Å². The number of hydrogen-bond acceptors (Lipinski definition) is 4. The van der Waals surface area contributed by atoms with E-state index >= 15 is 0 Å². The summed E-state index contributed by atoms with van der Waals surface area (Å²) in [6, 6.07) is 4.61. The van der Waals surface area contributed by atoms with Gasteiger partial charge in [-0.05, 0) is 43.5 Å². The lowest BCUT2D eigenvalue weighted by molar-refractivity contribution is -0.126. The highest BCUT2D eigenvalue weighted by Crippen LogP contribution is 2.25. The van der Waals surface area contributed by atoms with E-state index in [1.807, 2.05) is 0 Å². The first-order valence-electron chi connectivity index (χ1n) is 6.86. The summed E-state index contributed by atoms with van der Waals surface area (Å²) in [7, 11) is 1.43. The van der Waals surface area contributed by atoms with Crippen molar-refractivity contribution in [3.8, 4) is 5.75 Å². The molecule has 6 nitrogen and oxygen atoms in total. The summed E-state index contributed by atoms with van der Waals surface area (Å²) >= 11 is 0. The molecular formula is C15H18N2O4. The number of urea groups is 1. The predicted octanol–water partition coefficient (Wildman–Crippen LogP) is 1.43. The minimum Gasteiger partial charge on any atom is -0.481 e. The van der Waals surface area contributed by atoms with E-state index < -0.39 is 18.0 Å². The van der Waals surface area contributed by atoms with Gasteiger partial charge in [-0.2, -0.15) is 0 Å². The molecule has 0 saturated heterocycles. The van der Waals surface area contributed by atoms with Crippen molar-refractivity contribution in [1.29, 1.82) is 0 Å². The van der Waals surface area contributed by atoms with E-state index in [2.05, 4.69) is 10.6 Å². The predicted molar refractivity (Wildman–Crippen MR) is 76.4 cm³/mol. The fraction of sp³-hybridized carbons (Fsp3) is 0.400. The fourth-order valence-corrected chi connectivity index (χ4v) is 2.23. The number of amides is 3. The minimum absolute atomic E-state index is 0.146. The van der Waals surface area contributed by atoms with Gasteiger partial charge in [0.2, 0.25) is 0 Å². The van der Waals surface area contributed by atoms with Gasteiger partial charge in [-0.25, -0.2) is 4.79 Å². The maximum Gasteiger partial charge on any atom is 0.321 e. The number of rotatable bonds is 3. The Balaban J connectivity index is 2.04. The van der Waals surface area contributed by atoms with Crippen molar-refractivity contribution < 1.29 is 19.1 Å². The number of ether oxygens (including phenoxy) is 1. The van der Waals surface area contributed by atoms with Gasteiger partial charge >= 0.3 is 6.03 Å². The van der Waals surface area contributed by atoms with E-state index in [0.717, 1.165) is 24.0 Å². The number of fused-ring (bicyclic) bond motifs is 1. The molecule has 0 aromatic heterocycles. The molecule has 1 aromatic carbocycles. The van der Waals surface area contributed by atoms with Crippen molar-refractivity contribution in [2.75, 3.05) is 7.05 Å². The lowest BCUT2D eigenvalue weighted by atomic mass is 9.90. The Bertz CT molecular complexity index is 583. The summed E-state index contributed by atoms with van der Waals surface area (Å²) < 4.78 is 5.52. The number of hydrogen-bond donors (Lipinski definition) is 2. The van der Waals surface area contributed by atoms with Crippen molar-refractivity contribution >= 4 is 17.7 Å². The van der Waals surface area contributed by atoms with E-state index in [0.29, 0.717) is 12.2 Å². The first-order valence-corrected chi connectivity index (χ1v) is 6.86. The average Bonchev–Trinajstić information content (AvgIpc) is 2.47. The van der Waals surface area contributed by atoms with Crippen molar-refractivity contribution in [2.24, 2.45) is 0 Å². The van der Waals surface area contributed by atoms with Crippen LogP contribution in [0.2, 0.25) is 0 Å². The number of imide groups is 1. The van der Waals surface area contributed by atoms with Gasteiger partial charge < -0.3 is 10.1 Å². The summed E-state index contributed by atoms with van der Waals surface area (Å²) in [5.41, 5.74) is 1.68. The van der Waals surface area contributed by atoms with Crippen LogP contribution in [0.3, 0.4) is 0 Å². The second kappa shape index (κ2) is 6.39. The van der Waals surface area contributed by atoms with Crippen molar-refractivity contribution in [3.05, 3.63) is 29.3 Å². The molecule has 0 saturated carbocycles. The number of nitrogens with one attached hydrogen (secondary N) is 2. The van der Waals surface area contributed by atoms with Gasteiger partial charge in [0.25, 0.3) is 5.91 Å². The quantitative estimate of drug-likeness (QED) is 0.882. The third-order valence-electron chi connectivity index (χ3n) is 3.37. The molecule has 1 aliphatic rings. The molecule has 112 valence electrons. The van der Waals surface area contributed by atoms with Crippen molar-refractivity contribution in [2.45, 2.75) is 32.3 Å². The standard InChI is InChI=1S/C15H18N2O4/c1-9(14(19)17-15(20)16-2)21-11-6-7-12-10(8-11)4-3-5-13(12)18/h6-9H,3-5H2,1-2H3,(H2,16,17,19,20)/t9-/m0/s1. The monoisotopic (exact) mass is 290 g/mol. The molecule has 0 bridgehead atoms. The van der Waals surface area contributed by atoms with Crippen LogP contribution >= 0.6 is 0 Å². The molecule has 6 heteroatoms. The highest BCUT2D eigenvalue weighted by Gasteiger charge is 2.20. The summed E-state index contributed by atoms with van der Waals surface area (Å²) in [6.45, 7) is 1.56. The molecule has 0 heterocycles. The molecule has 0 radical (unpaired) electrons. The molecular weight excluding hydrogens is 272 g/mol. The van der Waals surface area contributed by atoms with Crippen LogP contribution in [0.15, 0.2) is 18.2 Å². The van der Waals surface area contributed by atoms with Gasteiger partial charge in [0.05, 0.1) is 0 Å². The number of aryl methyl sites for hydroxylation is 1. The molecule has 3 amide bonds. The lowest BCUT2D eigenvalue weighted by Gasteiger charge is -2.18. The topological polar surface area (TPSA) is 84.5 Å². The van der Waals surface area contributed by atoms with Crippen LogP contribution in [-0.2, 0) is 11.2 Å². The average molecular weight is 290 g/mol. The molecule has 1 aromatic rings. The molecule has 0 spiro atoms. The smallest absolute Gasteiger partial charge is 0.321 e. The van der Waals surface area contributed by atoms with Gasteiger partial charge in [0.1, 0.15) is 5.75 Å². The number of ketones is 1. The number of carbonyl (C=O) groups excluding carboxylic acids is 3.